The van der Waals surface area contributed by atoms with E-state index in [1.807, 2.05) is 24.3 Å². The number of aromatic nitrogens is 4. The molecule has 2 heterocycles. The molecule has 0 aliphatic carbocycles. The molecule has 94 valence electrons. The molecule has 6 nitrogen and oxygen atoms in total. The molecule has 0 aliphatic heterocycles. The van der Waals surface area contributed by atoms with Gasteiger partial charge in [0.2, 0.25) is 11.6 Å². The van der Waals surface area contributed by atoms with E-state index in [0.29, 0.717) is 24.1 Å². The largest absolute Gasteiger partial charge is 0.333 e. The van der Waals surface area contributed by atoms with E-state index in [2.05, 4.69) is 20.1 Å². The molecular weight excluding hydrogens is 242 g/mol. The van der Waals surface area contributed by atoms with Crippen LogP contribution in [-0.2, 0) is 6.54 Å². The number of rotatable bonds is 3. The van der Waals surface area contributed by atoms with E-state index in [1.54, 1.807) is 18.5 Å². The predicted molar refractivity (Wildman–Crippen MR) is 68.7 cm³/mol. The first-order valence-electron chi connectivity index (χ1n) is 5.77. The van der Waals surface area contributed by atoms with Crippen LogP contribution >= 0.6 is 0 Å². The molecule has 1 aromatic carbocycles. The van der Waals surface area contributed by atoms with Gasteiger partial charge in [-0.15, -0.1) is 0 Å². The zero-order valence-electron chi connectivity index (χ0n) is 10.0. The Morgan fingerprint density at radius 3 is 2.68 bits per heavy atom. The van der Waals surface area contributed by atoms with Gasteiger partial charge < -0.3 is 10.3 Å². The SMILES string of the molecule is NCc1cccc(-c2nc(-c3ncccn3)no2)c1. The van der Waals surface area contributed by atoms with Crippen molar-refractivity contribution in [1.29, 1.82) is 0 Å². The van der Waals surface area contributed by atoms with Crippen molar-refractivity contribution in [3.63, 3.8) is 0 Å². The molecule has 0 radical (unpaired) electrons. The smallest absolute Gasteiger partial charge is 0.258 e. The average Bonchev–Trinajstić information content (AvgIpc) is 2.98. The highest BCUT2D eigenvalue weighted by Crippen LogP contribution is 2.20. The molecule has 0 spiro atoms. The first-order chi connectivity index (χ1) is 9.36. The highest BCUT2D eigenvalue weighted by molar-refractivity contribution is 5.56. The van der Waals surface area contributed by atoms with E-state index < -0.39 is 0 Å². The van der Waals surface area contributed by atoms with E-state index in [4.69, 9.17) is 10.3 Å². The molecule has 2 aromatic heterocycles. The van der Waals surface area contributed by atoms with Crippen LogP contribution in [0.15, 0.2) is 47.2 Å². The van der Waals surface area contributed by atoms with Gasteiger partial charge >= 0.3 is 0 Å². The second kappa shape index (κ2) is 4.95. The fourth-order valence-electron chi connectivity index (χ4n) is 1.68. The summed E-state index contributed by atoms with van der Waals surface area (Å²) < 4.78 is 5.22. The van der Waals surface area contributed by atoms with E-state index >= 15 is 0 Å². The van der Waals surface area contributed by atoms with Gasteiger partial charge in [-0.1, -0.05) is 17.3 Å². The fourth-order valence-corrected chi connectivity index (χ4v) is 1.68. The molecule has 6 heteroatoms. The van der Waals surface area contributed by atoms with Gasteiger partial charge in [-0.2, -0.15) is 4.98 Å². The summed E-state index contributed by atoms with van der Waals surface area (Å²) in [7, 11) is 0. The summed E-state index contributed by atoms with van der Waals surface area (Å²) in [6, 6.07) is 9.39. The molecule has 0 saturated heterocycles. The van der Waals surface area contributed by atoms with Crippen LogP contribution in [0.4, 0.5) is 0 Å². The van der Waals surface area contributed by atoms with Gasteiger partial charge in [0, 0.05) is 24.5 Å². The summed E-state index contributed by atoms with van der Waals surface area (Å²) in [5, 5.41) is 3.88. The lowest BCUT2D eigenvalue weighted by molar-refractivity contribution is 0.432. The quantitative estimate of drug-likeness (QED) is 0.763. The van der Waals surface area contributed by atoms with Crippen LogP contribution in [0, 0.1) is 0 Å². The monoisotopic (exact) mass is 253 g/mol. The second-order valence-electron chi connectivity index (χ2n) is 3.90. The lowest BCUT2D eigenvalue weighted by Gasteiger charge is -1.97. The minimum atomic E-state index is 0.369. The number of hydrogen-bond acceptors (Lipinski definition) is 6. The molecule has 0 saturated carbocycles. The number of nitrogens with two attached hydrogens (primary N) is 1. The van der Waals surface area contributed by atoms with Crippen LogP contribution in [0.2, 0.25) is 0 Å². The number of hydrogen-bond donors (Lipinski definition) is 1. The van der Waals surface area contributed by atoms with Crippen molar-refractivity contribution in [2.24, 2.45) is 5.73 Å². The van der Waals surface area contributed by atoms with Crippen molar-refractivity contribution in [2.45, 2.75) is 6.54 Å². The Morgan fingerprint density at radius 1 is 1.05 bits per heavy atom. The first kappa shape index (κ1) is 11.5. The Labute approximate surface area is 109 Å². The van der Waals surface area contributed by atoms with Gasteiger partial charge in [0.25, 0.3) is 5.89 Å². The molecule has 0 fully saturated rings. The summed E-state index contributed by atoms with van der Waals surface area (Å²) in [4.78, 5) is 12.4. The Bertz CT molecular complexity index is 680. The summed E-state index contributed by atoms with van der Waals surface area (Å²) in [6.45, 7) is 0.469. The number of nitrogens with zero attached hydrogens (tertiary/aromatic N) is 4. The van der Waals surface area contributed by atoms with Gasteiger partial charge in [-0.05, 0) is 23.8 Å². The Kier molecular flexibility index (Phi) is 2.99. The van der Waals surface area contributed by atoms with Crippen LogP contribution in [0.3, 0.4) is 0 Å². The van der Waals surface area contributed by atoms with Crippen LogP contribution in [-0.4, -0.2) is 20.1 Å². The molecule has 0 atom stereocenters. The maximum Gasteiger partial charge on any atom is 0.258 e. The first-order valence-corrected chi connectivity index (χ1v) is 5.77. The third-order valence-electron chi connectivity index (χ3n) is 2.60. The normalized spacial score (nSPS) is 10.6. The number of benzene rings is 1. The zero-order valence-corrected chi connectivity index (χ0v) is 10.0. The third kappa shape index (κ3) is 2.34. The molecule has 3 rings (SSSR count). The van der Waals surface area contributed by atoms with Gasteiger partial charge in [-0.25, -0.2) is 9.97 Å². The van der Waals surface area contributed by atoms with Crippen LogP contribution in [0.1, 0.15) is 5.56 Å². The molecule has 0 aliphatic rings. The molecule has 2 N–H and O–H groups in total. The summed E-state index contributed by atoms with van der Waals surface area (Å²) in [5.41, 5.74) is 7.45. The van der Waals surface area contributed by atoms with Crippen LogP contribution in [0.25, 0.3) is 23.1 Å². The Hall–Kier alpha value is -2.60. The summed E-state index contributed by atoms with van der Waals surface area (Å²) in [5.74, 6) is 1.24. The fraction of sp³-hybridized carbons (Fsp3) is 0.0769. The molecular formula is C13H11N5O. The Balaban J connectivity index is 1.97. The van der Waals surface area contributed by atoms with Crippen LogP contribution < -0.4 is 5.73 Å². The molecule has 3 aromatic rings. The van der Waals surface area contributed by atoms with E-state index in [0.717, 1.165) is 11.1 Å². The lowest BCUT2D eigenvalue weighted by Crippen LogP contribution is -1.95. The van der Waals surface area contributed by atoms with Crippen molar-refractivity contribution in [3.05, 3.63) is 48.3 Å². The van der Waals surface area contributed by atoms with Gasteiger partial charge in [0.1, 0.15) is 0 Å². The third-order valence-corrected chi connectivity index (χ3v) is 2.60. The molecule has 0 bridgehead atoms. The minimum absolute atomic E-state index is 0.369. The van der Waals surface area contributed by atoms with Gasteiger partial charge in [0.15, 0.2) is 0 Å². The summed E-state index contributed by atoms with van der Waals surface area (Å²) in [6.07, 6.45) is 3.26. The highest BCUT2D eigenvalue weighted by Gasteiger charge is 2.12. The van der Waals surface area contributed by atoms with Crippen molar-refractivity contribution < 1.29 is 4.52 Å². The topological polar surface area (TPSA) is 90.7 Å². The zero-order chi connectivity index (χ0) is 13.1. The van der Waals surface area contributed by atoms with E-state index in [9.17, 15) is 0 Å². The van der Waals surface area contributed by atoms with Crippen molar-refractivity contribution in [3.8, 4) is 23.1 Å². The molecule has 0 unspecified atom stereocenters. The van der Waals surface area contributed by atoms with E-state index in [-0.39, 0.29) is 0 Å². The van der Waals surface area contributed by atoms with E-state index in [1.165, 1.54) is 0 Å². The average molecular weight is 253 g/mol. The second-order valence-corrected chi connectivity index (χ2v) is 3.90. The van der Waals surface area contributed by atoms with Gasteiger partial charge in [-0.3, -0.25) is 0 Å². The highest BCUT2D eigenvalue weighted by atomic mass is 16.5. The van der Waals surface area contributed by atoms with Crippen molar-refractivity contribution in [1.82, 2.24) is 20.1 Å². The maximum atomic E-state index is 5.61. The molecule has 0 amide bonds. The summed E-state index contributed by atoms with van der Waals surface area (Å²) >= 11 is 0. The van der Waals surface area contributed by atoms with Crippen LogP contribution in [0.5, 0.6) is 0 Å². The standard InChI is InChI=1S/C13H11N5O/c14-8-9-3-1-4-10(7-9)13-17-12(18-19-13)11-15-5-2-6-16-11/h1-7H,8,14H2. The predicted octanol–water partition coefficient (Wildman–Crippen LogP) is 1.65. The van der Waals surface area contributed by atoms with Crippen molar-refractivity contribution in [2.75, 3.05) is 0 Å². The molecule has 19 heavy (non-hydrogen) atoms. The Morgan fingerprint density at radius 2 is 1.89 bits per heavy atom. The van der Waals surface area contributed by atoms with Gasteiger partial charge in [0.05, 0.1) is 0 Å². The maximum absolute atomic E-state index is 5.61. The minimum Gasteiger partial charge on any atom is -0.333 e. The lowest BCUT2D eigenvalue weighted by atomic mass is 10.1. The van der Waals surface area contributed by atoms with Crippen molar-refractivity contribution >= 4 is 0 Å².